The molecular formula is C16H22BrNO2. The van der Waals surface area contributed by atoms with Gasteiger partial charge in [-0.3, -0.25) is 4.79 Å². The Hall–Kier alpha value is -1.03. The van der Waals surface area contributed by atoms with Gasteiger partial charge in [0.25, 0.3) is 5.91 Å². The molecular weight excluding hydrogens is 318 g/mol. The molecule has 0 spiro atoms. The first kappa shape index (κ1) is 15.4. The highest BCUT2D eigenvalue weighted by atomic mass is 79.9. The van der Waals surface area contributed by atoms with Gasteiger partial charge >= 0.3 is 0 Å². The summed E-state index contributed by atoms with van der Waals surface area (Å²) in [6.07, 6.45) is 6.04. The van der Waals surface area contributed by atoms with Crippen molar-refractivity contribution in [1.29, 1.82) is 0 Å². The Morgan fingerprint density at radius 1 is 1.30 bits per heavy atom. The lowest BCUT2D eigenvalue weighted by atomic mass is 9.95. The van der Waals surface area contributed by atoms with Crippen molar-refractivity contribution in [2.75, 3.05) is 0 Å². The molecule has 0 aliphatic heterocycles. The average Bonchev–Trinajstić information content (AvgIpc) is 2.41. The normalized spacial score (nSPS) is 16.2. The third kappa shape index (κ3) is 4.23. The Labute approximate surface area is 129 Å². The predicted molar refractivity (Wildman–Crippen MR) is 84.2 cm³/mol. The molecule has 0 bridgehead atoms. The Balaban J connectivity index is 2.01. The van der Waals surface area contributed by atoms with Crippen molar-refractivity contribution < 1.29 is 9.53 Å². The van der Waals surface area contributed by atoms with Crippen LogP contribution in [0.25, 0.3) is 0 Å². The minimum absolute atomic E-state index is 0.00805. The van der Waals surface area contributed by atoms with Gasteiger partial charge in [0.05, 0.1) is 10.6 Å². The lowest BCUT2D eigenvalue weighted by Crippen LogP contribution is -2.36. The number of hydrogen-bond acceptors (Lipinski definition) is 2. The molecule has 0 unspecified atom stereocenters. The predicted octanol–water partition coefficient (Wildman–Crippen LogP) is 4.30. The number of ether oxygens (including phenoxy) is 1. The molecule has 20 heavy (non-hydrogen) atoms. The van der Waals surface area contributed by atoms with Crippen LogP contribution in [0.4, 0.5) is 0 Å². The Morgan fingerprint density at radius 2 is 2.00 bits per heavy atom. The summed E-state index contributed by atoms with van der Waals surface area (Å²) in [5.74, 6) is 0.780. The van der Waals surface area contributed by atoms with Gasteiger partial charge in [-0.25, -0.2) is 0 Å². The molecule has 0 aromatic heterocycles. The van der Waals surface area contributed by atoms with Crippen molar-refractivity contribution in [2.24, 2.45) is 0 Å². The third-order valence-electron chi connectivity index (χ3n) is 3.50. The molecule has 1 aliphatic rings. The van der Waals surface area contributed by atoms with Gasteiger partial charge in [-0.05, 0) is 60.8 Å². The molecule has 1 N–H and O–H groups in total. The van der Waals surface area contributed by atoms with E-state index in [1.54, 1.807) is 0 Å². The number of benzene rings is 1. The number of amides is 1. The van der Waals surface area contributed by atoms with Crippen molar-refractivity contribution in [1.82, 2.24) is 5.32 Å². The van der Waals surface area contributed by atoms with E-state index in [0.29, 0.717) is 11.6 Å². The molecule has 1 amide bonds. The van der Waals surface area contributed by atoms with E-state index in [1.807, 2.05) is 32.0 Å². The largest absolute Gasteiger partial charge is 0.490 e. The van der Waals surface area contributed by atoms with Crippen molar-refractivity contribution in [3.05, 3.63) is 28.2 Å². The second-order valence-corrected chi connectivity index (χ2v) is 6.47. The van der Waals surface area contributed by atoms with Gasteiger partial charge in [0.2, 0.25) is 0 Å². The van der Waals surface area contributed by atoms with E-state index in [9.17, 15) is 4.79 Å². The zero-order chi connectivity index (χ0) is 14.5. The van der Waals surface area contributed by atoms with E-state index in [-0.39, 0.29) is 12.0 Å². The number of halogens is 1. The minimum Gasteiger partial charge on any atom is -0.490 e. The van der Waals surface area contributed by atoms with E-state index in [2.05, 4.69) is 21.2 Å². The first-order valence-corrected chi connectivity index (χ1v) is 8.12. The zero-order valence-corrected chi connectivity index (χ0v) is 13.7. The van der Waals surface area contributed by atoms with E-state index in [4.69, 9.17) is 4.74 Å². The fraction of sp³-hybridized carbons (Fsp3) is 0.562. The first-order chi connectivity index (χ1) is 9.56. The summed E-state index contributed by atoms with van der Waals surface area (Å²) in [6.45, 7) is 3.96. The topological polar surface area (TPSA) is 38.3 Å². The Morgan fingerprint density at radius 3 is 2.60 bits per heavy atom. The van der Waals surface area contributed by atoms with Crippen LogP contribution in [0.3, 0.4) is 0 Å². The third-order valence-corrected chi connectivity index (χ3v) is 4.12. The highest BCUT2D eigenvalue weighted by molar-refractivity contribution is 9.10. The maximum absolute atomic E-state index is 12.2. The highest BCUT2D eigenvalue weighted by Crippen LogP contribution is 2.27. The number of carbonyl (C=O) groups is 1. The summed E-state index contributed by atoms with van der Waals surface area (Å²) in [4.78, 5) is 12.2. The lowest BCUT2D eigenvalue weighted by molar-refractivity contribution is 0.0927. The van der Waals surface area contributed by atoms with E-state index in [1.165, 1.54) is 19.3 Å². The van der Waals surface area contributed by atoms with Gasteiger partial charge in [0.15, 0.2) is 0 Å². The van der Waals surface area contributed by atoms with Crippen LogP contribution >= 0.6 is 15.9 Å². The van der Waals surface area contributed by atoms with Crippen LogP contribution in [0.15, 0.2) is 22.7 Å². The molecule has 1 aliphatic carbocycles. The molecule has 0 heterocycles. The van der Waals surface area contributed by atoms with Crippen LogP contribution in [-0.2, 0) is 0 Å². The molecule has 1 aromatic rings. The quantitative estimate of drug-likeness (QED) is 0.888. The van der Waals surface area contributed by atoms with Crippen LogP contribution in [0.1, 0.15) is 56.3 Å². The molecule has 1 aromatic carbocycles. The van der Waals surface area contributed by atoms with Crippen LogP contribution in [0.2, 0.25) is 0 Å². The fourth-order valence-corrected chi connectivity index (χ4v) is 2.98. The number of hydrogen-bond donors (Lipinski definition) is 1. The number of rotatable bonds is 4. The maximum Gasteiger partial charge on any atom is 0.251 e. The van der Waals surface area contributed by atoms with Crippen LogP contribution in [0, 0.1) is 0 Å². The summed E-state index contributed by atoms with van der Waals surface area (Å²) in [5, 5.41) is 3.12. The van der Waals surface area contributed by atoms with Crippen molar-refractivity contribution in [2.45, 2.75) is 58.1 Å². The molecule has 1 fully saturated rings. The molecule has 1 saturated carbocycles. The van der Waals surface area contributed by atoms with E-state index in [0.717, 1.165) is 23.1 Å². The lowest BCUT2D eigenvalue weighted by Gasteiger charge is -2.23. The molecule has 2 rings (SSSR count). The van der Waals surface area contributed by atoms with Crippen molar-refractivity contribution >= 4 is 21.8 Å². The summed E-state index contributed by atoms with van der Waals surface area (Å²) in [5.41, 5.74) is 0.679. The SMILES string of the molecule is CC(C)Oc1ccc(C(=O)NC2CCCCC2)cc1Br. The highest BCUT2D eigenvalue weighted by Gasteiger charge is 2.17. The second kappa shape index (κ2) is 7.11. The summed E-state index contributed by atoms with van der Waals surface area (Å²) >= 11 is 3.46. The van der Waals surface area contributed by atoms with Gasteiger partial charge < -0.3 is 10.1 Å². The zero-order valence-electron chi connectivity index (χ0n) is 12.1. The van der Waals surface area contributed by atoms with Crippen LogP contribution in [-0.4, -0.2) is 18.1 Å². The van der Waals surface area contributed by atoms with Crippen molar-refractivity contribution in [3.8, 4) is 5.75 Å². The number of nitrogens with one attached hydrogen (secondary N) is 1. The number of carbonyl (C=O) groups excluding carboxylic acids is 1. The molecule has 4 heteroatoms. The van der Waals surface area contributed by atoms with Gasteiger partial charge in [0, 0.05) is 11.6 Å². The summed E-state index contributed by atoms with van der Waals surface area (Å²) in [7, 11) is 0. The smallest absolute Gasteiger partial charge is 0.251 e. The molecule has 0 saturated heterocycles. The molecule has 110 valence electrons. The van der Waals surface area contributed by atoms with Crippen molar-refractivity contribution in [3.63, 3.8) is 0 Å². The maximum atomic E-state index is 12.2. The van der Waals surface area contributed by atoms with E-state index < -0.39 is 0 Å². The molecule has 0 radical (unpaired) electrons. The average molecular weight is 340 g/mol. The van der Waals surface area contributed by atoms with Gasteiger partial charge in [0.1, 0.15) is 5.75 Å². The molecule has 3 nitrogen and oxygen atoms in total. The van der Waals surface area contributed by atoms with E-state index >= 15 is 0 Å². The molecule has 0 atom stereocenters. The minimum atomic E-state index is 0.00805. The first-order valence-electron chi connectivity index (χ1n) is 7.33. The summed E-state index contributed by atoms with van der Waals surface area (Å²) < 4.78 is 6.47. The fourth-order valence-electron chi connectivity index (χ4n) is 2.51. The summed E-state index contributed by atoms with van der Waals surface area (Å²) in [6, 6.07) is 5.83. The second-order valence-electron chi connectivity index (χ2n) is 5.62. The standard InChI is InChI=1S/C16H22BrNO2/c1-11(2)20-15-9-8-12(10-14(15)17)16(19)18-13-6-4-3-5-7-13/h8-11,13H,3-7H2,1-2H3,(H,18,19). The Kier molecular flexibility index (Phi) is 5.46. The van der Waals surface area contributed by atoms with Crippen LogP contribution in [0.5, 0.6) is 5.75 Å². The van der Waals surface area contributed by atoms with Gasteiger partial charge in [-0.1, -0.05) is 19.3 Å². The van der Waals surface area contributed by atoms with Gasteiger partial charge in [-0.2, -0.15) is 0 Å². The Bertz CT molecular complexity index is 468. The van der Waals surface area contributed by atoms with Crippen LogP contribution < -0.4 is 10.1 Å². The van der Waals surface area contributed by atoms with Gasteiger partial charge in [-0.15, -0.1) is 0 Å². The monoisotopic (exact) mass is 339 g/mol.